The van der Waals surface area contributed by atoms with E-state index in [1.807, 2.05) is 0 Å². The molecule has 238 valence electrons. The van der Waals surface area contributed by atoms with E-state index in [0.717, 1.165) is 0 Å². The van der Waals surface area contributed by atoms with Crippen LogP contribution in [0.1, 0.15) is 19.2 Å². The second kappa shape index (κ2) is 12.0. The van der Waals surface area contributed by atoms with Gasteiger partial charge in [-0.2, -0.15) is 0 Å². The van der Waals surface area contributed by atoms with Gasteiger partial charge in [-0.1, -0.05) is 170 Å². The van der Waals surface area contributed by atoms with E-state index in [0.29, 0.717) is 43.8 Å². The summed E-state index contributed by atoms with van der Waals surface area (Å²) in [4.78, 5) is 0. The summed E-state index contributed by atoms with van der Waals surface area (Å²) < 4.78 is 134. The molecule has 0 aliphatic carbocycles. The fourth-order valence-corrected chi connectivity index (χ4v) is 6.97. The summed E-state index contributed by atoms with van der Waals surface area (Å²) in [5.74, 6) is 0. The minimum absolute atomic E-state index is 0.0466. The second-order valence-electron chi connectivity index (χ2n) is 12.1. The zero-order valence-electron chi connectivity index (χ0n) is 40.8. The van der Waals surface area contributed by atoms with E-state index in [1.165, 1.54) is 0 Å². The SMILES string of the molecule is [2H]c1c([2H])c([2H])c(-c2c([2H])c(-c3c4ccccc4c(-c4c([2H])c([2H])c([2H])c5oc6c([2H])c([2H])c(-c7ccccc7)c([2H])c6c45)c4ccccc34)c([2H])c([2H])c2-c2ccccc2)c([2H])c1[2H]. The molecule has 0 amide bonds. The highest BCUT2D eigenvalue weighted by Gasteiger charge is 2.21. The van der Waals surface area contributed by atoms with Crippen LogP contribution in [0, 0.1) is 0 Å². The van der Waals surface area contributed by atoms with Crippen LogP contribution in [-0.4, -0.2) is 0 Å². The number of benzene rings is 9. The molecule has 1 aromatic heterocycles. The average molecular weight is 663 g/mol. The molecule has 0 spiro atoms. The van der Waals surface area contributed by atoms with Crippen LogP contribution >= 0.6 is 0 Å². The zero-order chi connectivity index (χ0) is 45.9. The summed E-state index contributed by atoms with van der Waals surface area (Å²) in [5.41, 5.74) is 1.20. The lowest BCUT2D eigenvalue weighted by Crippen LogP contribution is -1.93. The molecule has 10 rings (SSSR count). The van der Waals surface area contributed by atoms with Crippen molar-refractivity contribution in [2.24, 2.45) is 0 Å². The van der Waals surface area contributed by atoms with Gasteiger partial charge in [0.1, 0.15) is 11.2 Å². The summed E-state index contributed by atoms with van der Waals surface area (Å²) in [5, 5.41) is 2.03. The van der Waals surface area contributed by atoms with E-state index in [4.69, 9.17) is 16.8 Å². The molecule has 10 aromatic rings. The van der Waals surface area contributed by atoms with Crippen molar-refractivity contribution < 1.29 is 23.6 Å². The summed E-state index contributed by atoms with van der Waals surface area (Å²) in [6.45, 7) is 0. The van der Waals surface area contributed by atoms with Crippen LogP contribution in [-0.2, 0) is 0 Å². The lowest BCUT2D eigenvalue weighted by atomic mass is 9.83. The third-order valence-electron chi connectivity index (χ3n) is 9.19. The lowest BCUT2D eigenvalue weighted by molar-refractivity contribution is 0.669. The lowest BCUT2D eigenvalue weighted by Gasteiger charge is -2.19. The van der Waals surface area contributed by atoms with Crippen LogP contribution in [0.25, 0.3) is 99.1 Å². The molecule has 0 radical (unpaired) electrons. The van der Waals surface area contributed by atoms with Gasteiger partial charge in [-0.15, -0.1) is 0 Å². The van der Waals surface area contributed by atoms with E-state index in [9.17, 15) is 6.85 Å². The van der Waals surface area contributed by atoms with Gasteiger partial charge in [0.05, 0.1) is 19.2 Å². The quantitative estimate of drug-likeness (QED) is 0.167. The molecule has 0 unspecified atom stereocenters. The predicted octanol–water partition coefficient (Wildman–Crippen LogP) is 14.2. The molecule has 0 atom stereocenters. The first-order chi connectivity index (χ1) is 31.2. The first-order valence-corrected chi connectivity index (χ1v) is 16.4. The molecule has 51 heavy (non-hydrogen) atoms. The normalized spacial score (nSPS) is 15.4. The van der Waals surface area contributed by atoms with Gasteiger partial charge >= 0.3 is 0 Å². The first kappa shape index (κ1) is 18.3. The third-order valence-corrected chi connectivity index (χ3v) is 9.19. The van der Waals surface area contributed by atoms with Gasteiger partial charge in [0.15, 0.2) is 0 Å². The van der Waals surface area contributed by atoms with E-state index in [-0.39, 0.29) is 97.6 Å². The molecule has 1 heterocycles. The Labute approximate surface area is 316 Å². The Balaban J connectivity index is 1.40. The standard InChI is InChI=1S/C50H32O/c1-4-15-33(16-5-1)36-28-30-46-45(31-36)50-43(25-14-26-47(50)51-46)49-41-23-12-10-21-39(41)48(40-22-11-13-24-42(40)49)37-27-29-38(34-17-6-2-7-18-34)44(32-37)35-19-8-3-9-20-35/h1-32H/i3D,8D,9D,14D,19D,20D,25D,26D,27D,28D,29D,30D,31D,32D. The van der Waals surface area contributed by atoms with Crippen LogP contribution in [0.4, 0.5) is 0 Å². The van der Waals surface area contributed by atoms with Crippen molar-refractivity contribution in [1.82, 2.24) is 0 Å². The molecule has 0 bridgehead atoms. The maximum atomic E-state index is 10.0. The summed E-state index contributed by atoms with van der Waals surface area (Å²) in [6.07, 6.45) is 0. The molecular formula is C50H32O. The molecule has 0 N–H and O–H groups in total. The van der Waals surface area contributed by atoms with Crippen LogP contribution in [0.15, 0.2) is 198 Å². The van der Waals surface area contributed by atoms with Crippen molar-refractivity contribution in [3.05, 3.63) is 194 Å². The fraction of sp³-hybridized carbons (Fsp3) is 0. The number of rotatable bonds is 5. The Morgan fingerprint density at radius 1 is 0.333 bits per heavy atom. The Morgan fingerprint density at radius 2 is 0.941 bits per heavy atom. The van der Waals surface area contributed by atoms with E-state index >= 15 is 0 Å². The van der Waals surface area contributed by atoms with Gasteiger partial charge in [-0.05, 0) is 101 Å². The second-order valence-corrected chi connectivity index (χ2v) is 12.1. The summed E-state index contributed by atoms with van der Waals surface area (Å²) in [7, 11) is 0. The molecular weight excluding hydrogens is 617 g/mol. The van der Waals surface area contributed by atoms with Crippen molar-refractivity contribution >= 4 is 43.5 Å². The van der Waals surface area contributed by atoms with Gasteiger partial charge in [0.2, 0.25) is 0 Å². The largest absolute Gasteiger partial charge is 0.456 e. The molecule has 1 nitrogen and oxygen atoms in total. The highest BCUT2D eigenvalue weighted by atomic mass is 16.3. The Kier molecular flexibility index (Phi) is 4.32. The maximum Gasteiger partial charge on any atom is 0.136 e. The van der Waals surface area contributed by atoms with E-state index in [1.54, 1.807) is 109 Å². The van der Waals surface area contributed by atoms with Crippen molar-refractivity contribution in [2.75, 3.05) is 0 Å². The molecule has 1 heteroatoms. The zero-order valence-corrected chi connectivity index (χ0v) is 26.8. The van der Waals surface area contributed by atoms with Crippen LogP contribution in [0.3, 0.4) is 0 Å². The smallest absolute Gasteiger partial charge is 0.136 e. The minimum Gasteiger partial charge on any atom is -0.456 e. The topological polar surface area (TPSA) is 13.1 Å². The number of furan rings is 1. The van der Waals surface area contributed by atoms with Crippen molar-refractivity contribution in [3.8, 4) is 55.6 Å². The molecule has 0 saturated heterocycles. The van der Waals surface area contributed by atoms with Crippen molar-refractivity contribution in [3.63, 3.8) is 0 Å². The fourth-order valence-electron chi connectivity index (χ4n) is 6.97. The average Bonchev–Trinajstić information content (AvgIpc) is 3.73. The van der Waals surface area contributed by atoms with Gasteiger partial charge < -0.3 is 4.42 Å². The number of hydrogen-bond donors (Lipinski definition) is 0. The van der Waals surface area contributed by atoms with Gasteiger partial charge in [0, 0.05) is 10.8 Å². The molecule has 0 fully saturated rings. The highest BCUT2D eigenvalue weighted by Crippen LogP contribution is 2.48. The Bertz CT molecular complexity index is 3610. The minimum atomic E-state index is -0.623. The molecule has 0 aliphatic rings. The maximum absolute atomic E-state index is 10.0. The number of fused-ring (bicyclic) bond motifs is 5. The summed E-state index contributed by atoms with van der Waals surface area (Å²) in [6, 6.07) is 25.3. The van der Waals surface area contributed by atoms with Gasteiger partial charge in [-0.3, -0.25) is 0 Å². The van der Waals surface area contributed by atoms with Gasteiger partial charge in [-0.25, -0.2) is 0 Å². The molecule has 0 aliphatic heterocycles. The van der Waals surface area contributed by atoms with Gasteiger partial charge in [0.25, 0.3) is 0 Å². The van der Waals surface area contributed by atoms with Crippen LogP contribution in [0.2, 0.25) is 0 Å². The highest BCUT2D eigenvalue weighted by molar-refractivity contribution is 6.26. The van der Waals surface area contributed by atoms with E-state index in [2.05, 4.69) is 0 Å². The van der Waals surface area contributed by atoms with E-state index < -0.39 is 42.3 Å². The predicted molar refractivity (Wildman–Crippen MR) is 216 cm³/mol. The number of hydrogen-bond acceptors (Lipinski definition) is 1. The van der Waals surface area contributed by atoms with Crippen molar-refractivity contribution in [2.45, 2.75) is 0 Å². The Morgan fingerprint density at radius 3 is 1.63 bits per heavy atom. The summed E-state index contributed by atoms with van der Waals surface area (Å²) >= 11 is 0. The molecule has 9 aromatic carbocycles. The third kappa shape index (κ3) is 4.86. The van der Waals surface area contributed by atoms with Crippen LogP contribution in [0.5, 0.6) is 0 Å². The van der Waals surface area contributed by atoms with Crippen molar-refractivity contribution in [1.29, 1.82) is 0 Å². The monoisotopic (exact) mass is 662 g/mol. The first-order valence-electron chi connectivity index (χ1n) is 23.4. The Hall–Kier alpha value is -6.70. The van der Waals surface area contributed by atoms with Crippen LogP contribution < -0.4 is 0 Å². The molecule has 0 saturated carbocycles.